The van der Waals surface area contributed by atoms with Gasteiger partial charge in [-0.15, -0.1) is 21.5 Å². The van der Waals surface area contributed by atoms with E-state index in [2.05, 4.69) is 15.3 Å². The van der Waals surface area contributed by atoms with Crippen LogP contribution in [0.2, 0.25) is 0 Å². The molecule has 1 aliphatic heterocycles. The molecule has 4 heterocycles. The summed E-state index contributed by atoms with van der Waals surface area (Å²) in [5, 5.41) is 15.6. The molecule has 5 rings (SSSR count). The first-order valence-corrected chi connectivity index (χ1v) is 13.0. The zero-order chi connectivity index (χ0) is 25.4. The van der Waals surface area contributed by atoms with Crippen molar-refractivity contribution in [2.24, 2.45) is 0 Å². The second-order valence-corrected chi connectivity index (χ2v) is 10.2. The minimum atomic E-state index is -0.125. The Labute approximate surface area is 213 Å². The van der Waals surface area contributed by atoms with Crippen molar-refractivity contribution in [3.05, 3.63) is 75.1 Å². The third-order valence-electron chi connectivity index (χ3n) is 6.98. The first-order valence-electron chi connectivity index (χ1n) is 12.1. The lowest BCUT2D eigenvalue weighted by Crippen LogP contribution is -2.39. The summed E-state index contributed by atoms with van der Waals surface area (Å²) in [7, 11) is 1.82. The van der Waals surface area contributed by atoms with Gasteiger partial charge in [0.15, 0.2) is 11.3 Å². The monoisotopic (exact) mass is 503 g/mol. The Morgan fingerprint density at radius 1 is 1.11 bits per heavy atom. The molecule has 0 bridgehead atoms. The number of nitrogens with zero attached hydrogens (tertiary/aromatic N) is 7. The van der Waals surface area contributed by atoms with Crippen LogP contribution in [-0.4, -0.2) is 66.5 Å². The van der Waals surface area contributed by atoms with E-state index in [-0.39, 0.29) is 23.8 Å². The summed E-state index contributed by atoms with van der Waals surface area (Å²) in [5.74, 6) is 0.0145. The van der Waals surface area contributed by atoms with Crippen LogP contribution in [0.25, 0.3) is 5.65 Å². The maximum Gasteiger partial charge on any atom is 0.276 e. The van der Waals surface area contributed by atoms with E-state index < -0.39 is 0 Å². The summed E-state index contributed by atoms with van der Waals surface area (Å²) in [5.41, 5.74) is 4.06. The van der Waals surface area contributed by atoms with Gasteiger partial charge in [-0.2, -0.15) is 5.10 Å². The van der Waals surface area contributed by atoms with E-state index in [0.29, 0.717) is 35.8 Å². The molecule has 0 N–H and O–H groups in total. The number of rotatable bonds is 5. The van der Waals surface area contributed by atoms with Gasteiger partial charge in [-0.3, -0.25) is 9.59 Å². The zero-order valence-electron chi connectivity index (χ0n) is 20.9. The molecule has 3 aromatic heterocycles. The third kappa shape index (κ3) is 4.48. The highest BCUT2D eigenvalue weighted by Gasteiger charge is 2.30. The molecule has 186 valence electrons. The Bertz CT molecular complexity index is 1410. The smallest absolute Gasteiger partial charge is 0.276 e. The van der Waals surface area contributed by atoms with Gasteiger partial charge in [-0.1, -0.05) is 30.3 Å². The van der Waals surface area contributed by atoms with Crippen molar-refractivity contribution in [3.8, 4) is 0 Å². The van der Waals surface area contributed by atoms with Crippen molar-refractivity contribution < 1.29 is 9.59 Å². The normalized spacial score (nSPS) is 15.3. The van der Waals surface area contributed by atoms with E-state index in [1.807, 2.05) is 74.5 Å². The Balaban J connectivity index is 1.23. The summed E-state index contributed by atoms with van der Waals surface area (Å²) in [6.07, 6.45) is 1.58. The fraction of sp³-hybridized carbons (Fsp3) is 0.385. The zero-order valence-corrected chi connectivity index (χ0v) is 21.7. The fourth-order valence-corrected chi connectivity index (χ4v) is 5.60. The van der Waals surface area contributed by atoms with E-state index in [4.69, 9.17) is 4.98 Å². The number of amides is 2. The highest BCUT2D eigenvalue weighted by atomic mass is 32.1. The van der Waals surface area contributed by atoms with Gasteiger partial charge in [-0.25, -0.2) is 9.50 Å². The molecule has 1 aliphatic rings. The predicted molar refractivity (Wildman–Crippen MR) is 137 cm³/mol. The van der Waals surface area contributed by atoms with E-state index in [0.717, 1.165) is 29.1 Å². The van der Waals surface area contributed by atoms with Crippen molar-refractivity contribution >= 4 is 28.8 Å². The standard InChI is InChI=1S/C26H29N7O2S/c1-16-14-22-28-29-23(18(3)33(22)30-16)26(35)32-12-10-20(11-13-32)24-27-21(15-36-24)25(34)31(4)17(2)19-8-6-5-7-9-19/h5-9,14-15,17,20H,10-13H2,1-4H3. The lowest BCUT2D eigenvalue weighted by molar-refractivity contribution is 0.0703. The molecule has 1 saturated heterocycles. The largest absolute Gasteiger partial charge is 0.337 e. The molecule has 4 aromatic rings. The molecule has 1 unspecified atom stereocenters. The van der Waals surface area contributed by atoms with Crippen LogP contribution in [0.1, 0.15) is 74.7 Å². The molecule has 36 heavy (non-hydrogen) atoms. The van der Waals surface area contributed by atoms with Gasteiger partial charge in [0.25, 0.3) is 11.8 Å². The number of likely N-dealkylation sites (tertiary alicyclic amines) is 1. The van der Waals surface area contributed by atoms with Gasteiger partial charge in [0.1, 0.15) is 5.69 Å². The van der Waals surface area contributed by atoms with Crippen LogP contribution < -0.4 is 0 Å². The predicted octanol–water partition coefficient (Wildman–Crippen LogP) is 4.05. The van der Waals surface area contributed by atoms with Crippen LogP contribution in [0.5, 0.6) is 0 Å². The van der Waals surface area contributed by atoms with Crippen molar-refractivity contribution in [1.29, 1.82) is 0 Å². The van der Waals surface area contributed by atoms with Crippen LogP contribution >= 0.6 is 11.3 Å². The van der Waals surface area contributed by atoms with Crippen LogP contribution in [0, 0.1) is 13.8 Å². The first-order chi connectivity index (χ1) is 17.3. The Morgan fingerprint density at radius 3 is 2.56 bits per heavy atom. The lowest BCUT2D eigenvalue weighted by Gasteiger charge is -2.31. The molecule has 2 amide bonds. The van der Waals surface area contributed by atoms with E-state index >= 15 is 0 Å². The lowest BCUT2D eigenvalue weighted by atomic mass is 9.97. The molecule has 9 nitrogen and oxygen atoms in total. The molecule has 0 aliphatic carbocycles. The van der Waals surface area contributed by atoms with Gasteiger partial charge in [0.05, 0.1) is 22.4 Å². The van der Waals surface area contributed by atoms with Gasteiger partial charge in [0.2, 0.25) is 0 Å². The number of hydrogen-bond donors (Lipinski definition) is 0. The number of aromatic nitrogens is 5. The SMILES string of the molecule is Cc1cc2nnc(C(=O)N3CCC(c4nc(C(=O)N(C)C(C)c5ccccc5)cs4)CC3)c(C)n2n1. The van der Waals surface area contributed by atoms with Crippen LogP contribution in [0.3, 0.4) is 0 Å². The van der Waals surface area contributed by atoms with E-state index in [9.17, 15) is 9.59 Å². The molecule has 10 heteroatoms. The number of piperidine rings is 1. The van der Waals surface area contributed by atoms with Gasteiger partial charge < -0.3 is 9.80 Å². The van der Waals surface area contributed by atoms with Gasteiger partial charge >= 0.3 is 0 Å². The molecular formula is C26H29N7O2S. The molecule has 1 atom stereocenters. The highest BCUT2D eigenvalue weighted by molar-refractivity contribution is 7.09. The summed E-state index contributed by atoms with van der Waals surface area (Å²) in [4.78, 5) is 34.5. The summed E-state index contributed by atoms with van der Waals surface area (Å²) in [6.45, 7) is 6.96. The number of benzene rings is 1. The topological polar surface area (TPSA) is 96.6 Å². The Morgan fingerprint density at radius 2 is 1.83 bits per heavy atom. The second-order valence-electron chi connectivity index (χ2n) is 9.33. The van der Waals surface area contributed by atoms with Crippen molar-refractivity contribution in [1.82, 2.24) is 34.6 Å². The number of carbonyl (C=O) groups excluding carboxylic acids is 2. The molecule has 0 saturated carbocycles. The number of hydrogen-bond acceptors (Lipinski definition) is 7. The van der Waals surface area contributed by atoms with E-state index in [1.165, 1.54) is 11.3 Å². The van der Waals surface area contributed by atoms with Crippen LogP contribution in [-0.2, 0) is 0 Å². The summed E-state index contributed by atoms with van der Waals surface area (Å²) in [6, 6.07) is 11.8. The number of carbonyl (C=O) groups is 2. The molecular weight excluding hydrogens is 474 g/mol. The number of thiazole rings is 1. The average molecular weight is 504 g/mol. The van der Waals surface area contributed by atoms with E-state index in [1.54, 1.807) is 9.42 Å². The van der Waals surface area contributed by atoms with Gasteiger partial charge in [0, 0.05) is 37.5 Å². The van der Waals surface area contributed by atoms with Crippen LogP contribution in [0.4, 0.5) is 0 Å². The second kappa shape index (κ2) is 9.77. The maximum absolute atomic E-state index is 13.2. The highest BCUT2D eigenvalue weighted by Crippen LogP contribution is 2.31. The minimum absolute atomic E-state index is 0.0467. The molecule has 1 aromatic carbocycles. The summed E-state index contributed by atoms with van der Waals surface area (Å²) < 4.78 is 1.67. The Kier molecular flexibility index (Phi) is 6.53. The fourth-order valence-electron chi connectivity index (χ4n) is 4.64. The average Bonchev–Trinajstić information content (AvgIpc) is 3.55. The first kappa shape index (κ1) is 24.1. The molecule has 0 radical (unpaired) electrons. The third-order valence-corrected chi connectivity index (χ3v) is 7.99. The van der Waals surface area contributed by atoms with Crippen molar-refractivity contribution in [2.45, 2.75) is 45.6 Å². The molecule has 1 fully saturated rings. The van der Waals surface area contributed by atoms with Gasteiger partial charge in [-0.05, 0) is 39.2 Å². The quantitative estimate of drug-likeness (QED) is 0.408. The van der Waals surface area contributed by atoms with Crippen LogP contribution in [0.15, 0.2) is 41.8 Å². The van der Waals surface area contributed by atoms with Crippen molar-refractivity contribution in [3.63, 3.8) is 0 Å². The maximum atomic E-state index is 13.2. The minimum Gasteiger partial charge on any atom is -0.337 e. The summed E-state index contributed by atoms with van der Waals surface area (Å²) >= 11 is 1.53. The number of aryl methyl sites for hydroxylation is 2. The Hall–Kier alpha value is -3.66. The number of fused-ring (bicyclic) bond motifs is 1. The molecule has 0 spiro atoms. The van der Waals surface area contributed by atoms with Crippen molar-refractivity contribution in [2.75, 3.05) is 20.1 Å².